The first-order valence-electron chi connectivity index (χ1n) is 8.87. The predicted octanol–water partition coefficient (Wildman–Crippen LogP) is 1.91. The molecule has 29 heavy (non-hydrogen) atoms. The Morgan fingerprint density at radius 3 is 2.21 bits per heavy atom. The Hall–Kier alpha value is -3.20. The third kappa shape index (κ3) is 7.38. The van der Waals surface area contributed by atoms with Crippen molar-refractivity contribution in [1.82, 2.24) is 0 Å². The normalized spacial score (nSPS) is 11.7. The van der Waals surface area contributed by atoms with Gasteiger partial charge < -0.3 is 25.0 Å². The van der Waals surface area contributed by atoms with E-state index in [9.17, 15) is 18.4 Å². The number of ether oxygens (including phenoxy) is 2. The van der Waals surface area contributed by atoms with Crippen molar-refractivity contribution in [3.05, 3.63) is 48.0 Å². The number of nitrogens with one attached hydrogen (secondary N) is 3. The number of carbonyl (C=O) groups is 2. The van der Waals surface area contributed by atoms with Crippen LogP contribution in [0.2, 0.25) is 0 Å². The maximum Gasteiger partial charge on any atom is 0.387 e. The van der Waals surface area contributed by atoms with E-state index in [1.807, 2.05) is 7.05 Å². The summed E-state index contributed by atoms with van der Waals surface area (Å²) in [6.45, 7) is -0.826. The molecule has 7 nitrogen and oxygen atoms in total. The Kier molecular flexibility index (Phi) is 7.90. The number of rotatable bonds is 9. The van der Waals surface area contributed by atoms with Crippen molar-refractivity contribution >= 4 is 23.2 Å². The summed E-state index contributed by atoms with van der Waals surface area (Å²) in [5.74, 6) is -0.180. The van der Waals surface area contributed by atoms with E-state index in [0.29, 0.717) is 17.9 Å². The second-order valence-corrected chi connectivity index (χ2v) is 6.48. The number of likely N-dealkylation sites (N-methyl/N-ethyl adjacent to an activating group) is 1. The quantitative estimate of drug-likeness (QED) is 0.592. The molecule has 0 heterocycles. The van der Waals surface area contributed by atoms with E-state index in [-0.39, 0.29) is 29.9 Å². The lowest BCUT2D eigenvalue weighted by Crippen LogP contribution is -3.08. The highest BCUT2D eigenvalue weighted by Gasteiger charge is 2.15. The number of quaternary nitrogens is 1. The van der Waals surface area contributed by atoms with E-state index in [4.69, 9.17) is 4.74 Å². The number of benzene rings is 2. The van der Waals surface area contributed by atoms with Crippen LogP contribution in [0.1, 0.15) is 12.5 Å². The van der Waals surface area contributed by atoms with Gasteiger partial charge in [-0.1, -0.05) is 0 Å². The molecular formula is C20H24F2N3O4+. The molecule has 0 aromatic heterocycles. The molecule has 0 aliphatic rings. The fourth-order valence-corrected chi connectivity index (χ4v) is 2.75. The number of hydrogen-bond donors (Lipinski definition) is 3. The summed E-state index contributed by atoms with van der Waals surface area (Å²) in [4.78, 5) is 24.2. The van der Waals surface area contributed by atoms with Crippen LogP contribution in [0.5, 0.6) is 11.5 Å². The molecule has 0 spiro atoms. The van der Waals surface area contributed by atoms with Gasteiger partial charge in [0, 0.05) is 23.9 Å². The predicted molar refractivity (Wildman–Crippen MR) is 104 cm³/mol. The summed E-state index contributed by atoms with van der Waals surface area (Å²) in [7, 11) is 3.22. The van der Waals surface area contributed by atoms with Crippen molar-refractivity contribution in [1.29, 1.82) is 0 Å². The van der Waals surface area contributed by atoms with Gasteiger partial charge in [0.2, 0.25) is 5.91 Å². The standard InChI is InChI=1S/C20H23F2N3O4/c1-13(26)23-15-5-7-16(8-6-15)24-19(27)12-25(2)11-14-4-9-17(29-20(21)22)18(10-14)28-3/h4-10,20H,11-12H2,1-3H3,(H,23,26)(H,24,27)/p+1. The smallest absolute Gasteiger partial charge is 0.387 e. The number of anilines is 2. The highest BCUT2D eigenvalue weighted by atomic mass is 19.3. The maximum atomic E-state index is 12.4. The molecule has 0 bridgehead atoms. The van der Waals surface area contributed by atoms with E-state index >= 15 is 0 Å². The minimum absolute atomic E-state index is 0.0376. The van der Waals surface area contributed by atoms with E-state index in [1.54, 1.807) is 36.4 Å². The Morgan fingerprint density at radius 1 is 1.03 bits per heavy atom. The zero-order chi connectivity index (χ0) is 21.4. The topological polar surface area (TPSA) is 81.1 Å². The third-order valence-corrected chi connectivity index (χ3v) is 3.90. The fourth-order valence-electron chi connectivity index (χ4n) is 2.75. The third-order valence-electron chi connectivity index (χ3n) is 3.90. The lowest BCUT2D eigenvalue weighted by Gasteiger charge is -2.16. The van der Waals surface area contributed by atoms with Gasteiger partial charge in [0.25, 0.3) is 5.91 Å². The molecule has 0 radical (unpaired) electrons. The van der Waals surface area contributed by atoms with Crippen LogP contribution in [-0.2, 0) is 16.1 Å². The second-order valence-electron chi connectivity index (χ2n) is 6.48. The van der Waals surface area contributed by atoms with E-state index in [2.05, 4.69) is 15.4 Å². The van der Waals surface area contributed by atoms with Crippen LogP contribution in [0.15, 0.2) is 42.5 Å². The van der Waals surface area contributed by atoms with Gasteiger partial charge in [-0.05, 0) is 42.5 Å². The van der Waals surface area contributed by atoms with Crippen LogP contribution in [-0.4, -0.2) is 39.1 Å². The van der Waals surface area contributed by atoms with Crippen LogP contribution in [0.3, 0.4) is 0 Å². The highest BCUT2D eigenvalue weighted by Crippen LogP contribution is 2.29. The van der Waals surface area contributed by atoms with Gasteiger partial charge in [-0.15, -0.1) is 0 Å². The molecule has 3 N–H and O–H groups in total. The molecule has 1 unspecified atom stereocenters. The van der Waals surface area contributed by atoms with Gasteiger partial charge in [0.15, 0.2) is 18.0 Å². The molecule has 0 aliphatic carbocycles. The molecule has 2 aromatic rings. The number of halogens is 2. The Bertz CT molecular complexity index is 844. The zero-order valence-corrected chi connectivity index (χ0v) is 16.4. The molecule has 0 saturated carbocycles. The Morgan fingerprint density at radius 2 is 1.66 bits per heavy atom. The monoisotopic (exact) mass is 408 g/mol. The molecule has 1 atom stereocenters. The molecule has 0 saturated heterocycles. The summed E-state index contributed by atoms with van der Waals surface area (Å²) in [5.41, 5.74) is 2.08. The van der Waals surface area contributed by atoms with Crippen molar-refractivity contribution < 1.29 is 32.7 Å². The van der Waals surface area contributed by atoms with Crippen LogP contribution >= 0.6 is 0 Å². The van der Waals surface area contributed by atoms with Crippen molar-refractivity contribution in [2.24, 2.45) is 0 Å². The van der Waals surface area contributed by atoms with Crippen molar-refractivity contribution in [2.45, 2.75) is 20.1 Å². The SMILES string of the molecule is COc1cc(C[NH+](C)CC(=O)Nc2ccc(NC(C)=O)cc2)ccc1OC(F)F. The van der Waals surface area contributed by atoms with Crippen LogP contribution < -0.4 is 25.0 Å². The Balaban J connectivity index is 1.90. The summed E-state index contributed by atoms with van der Waals surface area (Å²) < 4.78 is 34.3. The van der Waals surface area contributed by atoms with E-state index in [0.717, 1.165) is 10.5 Å². The van der Waals surface area contributed by atoms with Crippen LogP contribution in [0, 0.1) is 0 Å². The first kappa shape index (κ1) is 22.1. The Labute approximate surface area is 167 Å². The van der Waals surface area contributed by atoms with Gasteiger partial charge >= 0.3 is 6.61 Å². The molecule has 0 aliphatic heterocycles. The molecule has 9 heteroatoms. The van der Waals surface area contributed by atoms with Gasteiger partial charge in [-0.3, -0.25) is 9.59 Å². The van der Waals surface area contributed by atoms with Crippen molar-refractivity contribution in [2.75, 3.05) is 31.3 Å². The molecule has 0 fully saturated rings. The van der Waals surface area contributed by atoms with Gasteiger partial charge in [0.1, 0.15) is 6.54 Å². The number of methoxy groups -OCH3 is 1. The molecule has 2 rings (SSSR count). The molecule has 156 valence electrons. The minimum Gasteiger partial charge on any atom is -0.493 e. The van der Waals surface area contributed by atoms with Gasteiger partial charge in [-0.25, -0.2) is 0 Å². The van der Waals surface area contributed by atoms with E-state index < -0.39 is 6.61 Å². The highest BCUT2D eigenvalue weighted by molar-refractivity contribution is 5.92. The molecule has 2 aromatic carbocycles. The van der Waals surface area contributed by atoms with Crippen molar-refractivity contribution in [3.8, 4) is 11.5 Å². The summed E-state index contributed by atoms with van der Waals surface area (Å²) in [6, 6.07) is 11.5. The van der Waals surface area contributed by atoms with Crippen molar-refractivity contribution in [3.63, 3.8) is 0 Å². The van der Waals surface area contributed by atoms with Gasteiger partial charge in [0.05, 0.1) is 14.2 Å². The average molecular weight is 408 g/mol. The van der Waals surface area contributed by atoms with Crippen LogP contribution in [0.4, 0.5) is 20.2 Å². The largest absolute Gasteiger partial charge is 0.493 e. The fraction of sp³-hybridized carbons (Fsp3) is 0.300. The van der Waals surface area contributed by atoms with Gasteiger partial charge in [-0.2, -0.15) is 8.78 Å². The minimum atomic E-state index is -2.93. The molecule has 2 amide bonds. The van der Waals surface area contributed by atoms with E-state index in [1.165, 1.54) is 20.1 Å². The second kappa shape index (κ2) is 10.4. The summed E-state index contributed by atoms with van der Waals surface area (Å²) in [5, 5.41) is 5.44. The molecular weight excluding hydrogens is 384 g/mol. The lowest BCUT2D eigenvalue weighted by atomic mass is 10.2. The first-order valence-corrected chi connectivity index (χ1v) is 8.87. The zero-order valence-electron chi connectivity index (χ0n) is 16.4. The maximum absolute atomic E-state index is 12.4. The number of amides is 2. The number of alkyl halides is 2. The average Bonchev–Trinajstić information content (AvgIpc) is 2.63. The lowest BCUT2D eigenvalue weighted by molar-refractivity contribution is -0.885. The summed E-state index contributed by atoms with van der Waals surface area (Å²) in [6.07, 6.45) is 0. The number of carbonyl (C=O) groups excluding carboxylic acids is 2. The summed E-state index contributed by atoms with van der Waals surface area (Å²) >= 11 is 0. The van der Waals surface area contributed by atoms with Crippen LogP contribution in [0.25, 0.3) is 0 Å². The number of hydrogen-bond acceptors (Lipinski definition) is 4. The first-order chi connectivity index (χ1) is 13.8.